The lowest BCUT2D eigenvalue weighted by molar-refractivity contribution is -0.159. The zero-order valence-electron chi connectivity index (χ0n) is 24.8. The Morgan fingerprint density at radius 3 is 2.31 bits per heavy atom. The Labute approximate surface area is 234 Å². The summed E-state index contributed by atoms with van der Waals surface area (Å²) in [5.41, 5.74) is 6.41. The van der Waals surface area contributed by atoms with E-state index in [2.05, 4.69) is 74.1 Å². The number of rotatable bonds is 8. The van der Waals surface area contributed by atoms with E-state index in [0.29, 0.717) is 24.7 Å². The third-order valence-corrected chi connectivity index (χ3v) is 9.62. The molecule has 2 heterocycles. The van der Waals surface area contributed by atoms with E-state index >= 15 is 0 Å². The van der Waals surface area contributed by atoms with Gasteiger partial charge in [-0.05, 0) is 84.2 Å². The van der Waals surface area contributed by atoms with Gasteiger partial charge in [-0.2, -0.15) is 0 Å². The fourth-order valence-electron chi connectivity index (χ4n) is 6.28. The molecular weight excluding hydrogens is 486 g/mol. The highest BCUT2D eigenvalue weighted by Crippen LogP contribution is 2.49. The molecule has 0 unspecified atom stereocenters. The highest BCUT2D eigenvalue weighted by atomic mass is 16.5. The van der Waals surface area contributed by atoms with Crippen molar-refractivity contribution in [2.75, 3.05) is 26.8 Å². The van der Waals surface area contributed by atoms with Crippen molar-refractivity contribution in [2.45, 2.75) is 96.9 Å². The van der Waals surface area contributed by atoms with Gasteiger partial charge >= 0.3 is 0 Å². The number of carbonyl (C=O) groups excluding carboxylic acids is 2. The third kappa shape index (κ3) is 5.54. The molecule has 1 aromatic heterocycles. The van der Waals surface area contributed by atoms with Crippen molar-refractivity contribution in [1.82, 2.24) is 15.2 Å². The molecule has 212 valence electrons. The zero-order valence-corrected chi connectivity index (χ0v) is 24.8. The van der Waals surface area contributed by atoms with Crippen LogP contribution in [0.1, 0.15) is 99.8 Å². The summed E-state index contributed by atoms with van der Waals surface area (Å²) in [5.74, 6) is 0.434. The van der Waals surface area contributed by atoms with E-state index in [-0.39, 0.29) is 29.2 Å². The Hall–Kier alpha value is -2.60. The lowest BCUT2D eigenvalue weighted by Crippen LogP contribution is -2.59. The van der Waals surface area contributed by atoms with Crippen LogP contribution in [0.25, 0.3) is 11.3 Å². The van der Waals surface area contributed by atoms with Gasteiger partial charge in [0.15, 0.2) is 0 Å². The first-order valence-electron chi connectivity index (χ1n) is 14.9. The van der Waals surface area contributed by atoms with E-state index in [1.807, 2.05) is 0 Å². The minimum atomic E-state index is -0.679. The Morgan fingerprint density at radius 1 is 1.05 bits per heavy atom. The van der Waals surface area contributed by atoms with E-state index in [1.165, 1.54) is 61.6 Å². The number of nitrogens with zero attached hydrogens (tertiary/aromatic N) is 1. The molecule has 0 radical (unpaired) electrons. The molecule has 6 nitrogen and oxygen atoms in total. The van der Waals surface area contributed by atoms with Crippen molar-refractivity contribution in [3.63, 3.8) is 0 Å². The van der Waals surface area contributed by atoms with Crippen LogP contribution < -0.4 is 10.6 Å². The molecule has 0 atom stereocenters. The van der Waals surface area contributed by atoms with Crippen LogP contribution in [0.2, 0.25) is 0 Å². The topological polar surface area (TPSA) is 72.4 Å². The summed E-state index contributed by atoms with van der Waals surface area (Å²) >= 11 is 0. The number of aromatic nitrogens is 1. The summed E-state index contributed by atoms with van der Waals surface area (Å²) in [5, 5.41) is 5.81. The summed E-state index contributed by atoms with van der Waals surface area (Å²) in [4.78, 5) is 26.1. The van der Waals surface area contributed by atoms with Crippen LogP contribution >= 0.6 is 0 Å². The van der Waals surface area contributed by atoms with Gasteiger partial charge < -0.3 is 19.9 Å². The summed E-state index contributed by atoms with van der Waals surface area (Å²) in [6, 6.07) is 9.22. The van der Waals surface area contributed by atoms with Crippen molar-refractivity contribution in [2.24, 2.45) is 11.3 Å². The van der Waals surface area contributed by atoms with Gasteiger partial charge in [0.2, 0.25) is 5.91 Å². The molecule has 5 rings (SSSR count). The second-order valence-electron chi connectivity index (χ2n) is 13.8. The number of amides is 2. The second-order valence-corrected chi connectivity index (χ2v) is 13.8. The van der Waals surface area contributed by atoms with Gasteiger partial charge in [0.1, 0.15) is 5.41 Å². The van der Waals surface area contributed by atoms with E-state index in [4.69, 9.17) is 4.74 Å². The Bertz CT molecular complexity index is 1210. The minimum Gasteiger partial charge on any atom is -0.379 e. The first-order valence-corrected chi connectivity index (χ1v) is 14.9. The number of hydrogen-bond donors (Lipinski definition) is 2. The van der Waals surface area contributed by atoms with Gasteiger partial charge in [0, 0.05) is 31.5 Å². The van der Waals surface area contributed by atoms with Crippen molar-refractivity contribution in [3.05, 3.63) is 46.6 Å². The maximum atomic E-state index is 13.6. The van der Waals surface area contributed by atoms with Gasteiger partial charge in [-0.1, -0.05) is 53.0 Å². The fraction of sp³-hybridized carbons (Fsp3) is 0.636. The molecule has 1 aliphatic heterocycles. The average Bonchev–Trinajstić information content (AvgIpc) is 3.57. The van der Waals surface area contributed by atoms with Gasteiger partial charge in [0.05, 0.1) is 18.8 Å². The molecule has 0 spiro atoms. The molecule has 3 aliphatic rings. The SMILES string of the molecule is CNC(=O)C1(CNC(=O)c2cc(-c3cc(C(C)(C)C)cc(C4(C)CC4)c3)n(CC3CCCCC3)c2C)COC1. The molecule has 0 bridgehead atoms. The van der Waals surface area contributed by atoms with Crippen molar-refractivity contribution < 1.29 is 14.3 Å². The summed E-state index contributed by atoms with van der Waals surface area (Å²) in [7, 11) is 1.63. The summed E-state index contributed by atoms with van der Waals surface area (Å²) in [6.07, 6.45) is 8.86. The summed E-state index contributed by atoms with van der Waals surface area (Å²) in [6.45, 7) is 13.2. The van der Waals surface area contributed by atoms with Crippen molar-refractivity contribution >= 4 is 11.8 Å². The van der Waals surface area contributed by atoms with Crippen LogP contribution in [0.15, 0.2) is 24.3 Å². The molecule has 2 amide bonds. The van der Waals surface area contributed by atoms with Crippen molar-refractivity contribution in [3.8, 4) is 11.3 Å². The van der Waals surface area contributed by atoms with Gasteiger partial charge in [-0.25, -0.2) is 0 Å². The van der Waals surface area contributed by atoms with Crippen LogP contribution in [0.3, 0.4) is 0 Å². The van der Waals surface area contributed by atoms with Gasteiger partial charge in [0.25, 0.3) is 5.91 Å². The summed E-state index contributed by atoms with van der Waals surface area (Å²) < 4.78 is 7.76. The fourth-order valence-corrected chi connectivity index (χ4v) is 6.28. The Balaban J connectivity index is 1.53. The van der Waals surface area contributed by atoms with E-state index < -0.39 is 5.41 Å². The molecule has 6 heteroatoms. The van der Waals surface area contributed by atoms with Gasteiger partial charge in [-0.15, -0.1) is 0 Å². The predicted octanol–water partition coefficient (Wildman–Crippen LogP) is 5.89. The lowest BCUT2D eigenvalue weighted by Gasteiger charge is -2.39. The van der Waals surface area contributed by atoms with Crippen LogP contribution in [0.4, 0.5) is 0 Å². The van der Waals surface area contributed by atoms with E-state index in [9.17, 15) is 9.59 Å². The van der Waals surface area contributed by atoms with Gasteiger partial charge in [-0.3, -0.25) is 9.59 Å². The quantitative estimate of drug-likeness (QED) is 0.445. The monoisotopic (exact) mass is 533 g/mol. The Morgan fingerprint density at radius 2 is 1.74 bits per heavy atom. The third-order valence-electron chi connectivity index (χ3n) is 9.62. The number of nitrogens with one attached hydrogen (secondary N) is 2. The normalized spacial score (nSPS) is 20.3. The number of ether oxygens (including phenoxy) is 1. The average molecular weight is 534 g/mol. The molecule has 1 aromatic carbocycles. The predicted molar refractivity (Wildman–Crippen MR) is 156 cm³/mol. The maximum Gasteiger partial charge on any atom is 0.253 e. The molecule has 39 heavy (non-hydrogen) atoms. The van der Waals surface area contributed by atoms with E-state index in [1.54, 1.807) is 7.05 Å². The molecule has 2 saturated carbocycles. The smallest absolute Gasteiger partial charge is 0.253 e. The highest BCUT2D eigenvalue weighted by Gasteiger charge is 2.46. The molecule has 2 aliphatic carbocycles. The zero-order chi connectivity index (χ0) is 28.0. The van der Waals surface area contributed by atoms with Crippen molar-refractivity contribution in [1.29, 1.82) is 0 Å². The number of carbonyl (C=O) groups is 2. The number of hydrogen-bond acceptors (Lipinski definition) is 3. The number of benzene rings is 1. The van der Waals surface area contributed by atoms with Crippen LogP contribution in [0.5, 0.6) is 0 Å². The standard InChI is InChI=1S/C33H47N3O3/c1-22-27(29(37)35-19-33(20-39-21-33)30(38)34-6)17-28(36(22)18-23-10-8-7-9-11-23)24-14-25(31(2,3)4)16-26(15-24)32(5)12-13-32/h14-17,23H,7-13,18-21H2,1-6H3,(H,34,38)(H,35,37). The largest absolute Gasteiger partial charge is 0.379 e. The second kappa shape index (κ2) is 10.4. The molecule has 1 saturated heterocycles. The maximum absolute atomic E-state index is 13.6. The molecule has 2 N–H and O–H groups in total. The van der Waals surface area contributed by atoms with Crippen LogP contribution in [-0.4, -0.2) is 43.2 Å². The molecular formula is C33H47N3O3. The molecule has 2 aromatic rings. The molecule has 3 fully saturated rings. The van der Waals surface area contributed by atoms with E-state index in [0.717, 1.165) is 17.9 Å². The van der Waals surface area contributed by atoms with Crippen LogP contribution in [0, 0.1) is 18.3 Å². The first-order chi connectivity index (χ1) is 18.5. The van der Waals surface area contributed by atoms with Crippen LogP contribution in [-0.2, 0) is 26.9 Å². The lowest BCUT2D eigenvalue weighted by atomic mass is 9.82. The highest BCUT2D eigenvalue weighted by molar-refractivity contribution is 5.97. The first kappa shape index (κ1) is 27.9. The Kier molecular flexibility index (Phi) is 7.47. The minimum absolute atomic E-state index is 0.0328.